The van der Waals surface area contributed by atoms with Crippen molar-refractivity contribution in [2.75, 3.05) is 13.2 Å². The maximum Gasteiger partial charge on any atom is 0.306 e. The lowest BCUT2D eigenvalue weighted by Crippen LogP contribution is -2.30. The highest BCUT2D eigenvalue weighted by Crippen LogP contribution is 2.16. The number of carbonyl (C=O) groups is 3. The third kappa shape index (κ3) is 34.3. The second kappa shape index (κ2) is 36.7. The molecule has 0 saturated heterocycles. The molecule has 0 bridgehead atoms. The van der Waals surface area contributed by atoms with Crippen LogP contribution in [0.1, 0.15) is 227 Å². The van der Waals surface area contributed by atoms with Crippen LogP contribution >= 0.6 is 0 Å². The van der Waals surface area contributed by atoms with Gasteiger partial charge in [0, 0.05) is 19.3 Å². The second-order valence-electron chi connectivity index (χ2n) is 14.5. The third-order valence-electron chi connectivity index (χ3n) is 9.65. The molecule has 6 nitrogen and oxygen atoms in total. The number of hydrogen-bond acceptors (Lipinski definition) is 6. The average molecular weight is 681 g/mol. The van der Waals surface area contributed by atoms with E-state index in [-0.39, 0.29) is 31.1 Å². The van der Waals surface area contributed by atoms with Crippen LogP contribution in [0, 0.1) is 5.92 Å². The van der Waals surface area contributed by atoms with Gasteiger partial charge in [0.25, 0.3) is 0 Å². The molecule has 0 radical (unpaired) electrons. The molecule has 0 saturated carbocycles. The number of ether oxygens (including phenoxy) is 3. The zero-order valence-electron chi connectivity index (χ0n) is 32.4. The molecule has 48 heavy (non-hydrogen) atoms. The monoisotopic (exact) mass is 681 g/mol. The molecule has 0 aliphatic rings. The van der Waals surface area contributed by atoms with Crippen LogP contribution in [0.3, 0.4) is 0 Å². The van der Waals surface area contributed by atoms with Crippen LogP contribution < -0.4 is 0 Å². The number of unbranched alkanes of at least 4 members (excludes halogenated alkanes) is 23. The predicted octanol–water partition coefficient (Wildman–Crippen LogP) is 12.8. The molecular formula is C42H80O6. The maximum absolute atomic E-state index is 12.6. The first kappa shape index (κ1) is 46.4. The fourth-order valence-corrected chi connectivity index (χ4v) is 6.06. The van der Waals surface area contributed by atoms with Crippen molar-refractivity contribution in [1.29, 1.82) is 0 Å². The average Bonchev–Trinajstić information content (AvgIpc) is 3.08. The summed E-state index contributed by atoms with van der Waals surface area (Å²) in [5.74, 6) is -0.0264. The third-order valence-corrected chi connectivity index (χ3v) is 9.65. The van der Waals surface area contributed by atoms with E-state index in [0.717, 1.165) is 70.1 Å². The van der Waals surface area contributed by atoms with Crippen molar-refractivity contribution in [3.8, 4) is 0 Å². The minimum atomic E-state index is -0.757. The van der Waals surface area contributed by atoms with Crippen LogP contribution in [-0.2, 0) is 28.6 Å². The Morgan fingerprint density at radius 1 is 0.417 bits per heavy atom. The van der Waals surface area contributed by atoms with Gasteiger partial charge in [-0.1, -0.05) is 188 Å². The van der Waals surface area contributed by atoms with E-state index in [2.05, 4.69) is 27.7 Å². The fraction of sp³-hybridized carbons (Fsp3) is 0.929. The van der Waals surface area contributed by atoms with Crippen LogP contribution in [0.25, 0.3) is 0 Å². The lowest BCUT2D eigenvalue weighted by atomic mass is 9.99. The van der Waals surface area contributed by atoms with Crippen molar-refractivity contribution in [1.82, 2.24) is 0 Å². The Balaban J connectivity index is 4.25. The van der Waals surface area contributed by atoms with Crippen LogP contribution in [0.5, 0.6) is 0 Å². The van der Waals surface area contributed by atoms with E-state index >= 15 is 0 Å². The van der Waals surface area contributed by atoms with Crippen molar-refractivity contribution in [3.63, 3.8) is 0 Å². The maximum atomic E-state index is 12.6. The fourth-order valence-electron chi connectivity index (χ4n) is 6.06. The van der Waals surface area contributed by atoms with E-state index in [1.54, 1.807) is 0 Å². The molecule has 1 unspecified atom stereocenters. The summed E-state index contributed by atoms with van der Waals surface area (Å²) in [4.78, 5) is 37.3. The molecule has 0 fully saturated rings. The molecule has 0 N–H and O–H groups in total. The van der Waals surface area contributed by atoms with Gasteiger partial charge in [0.15, 0.2) is 6.10 Å². The second-order valence-corrected chi connectivity index (χ2v) is 14.5. The summed E-state index contributed by atoms with van der Waals surface area (Å²) in [5, 5.41) is 0. The quantitative estimate of drug-likeness (QED) is 0.0369. The lowest BCUT2D eigenvalue weighted by molar-refractivity contribution is -0.167. The summed E-state index contributed by atoms with van der Waals surface area (Å²) < 4.78 is 16.6. The number of rotatable bonds is 37. The zero-order valence-corrected chi connectivity index (χ0v) is 32.4. The molecule has 6 heteroatoms. The Hall–Kier alpha value is -1.59. The summed E-state index contributed by atoms with van der Waals surface area (Å²) in [5.41, 5.74) is 0. The molecule has 0 amide bonds. The molecule has 0 rings (SSSR count). The molecule has 0 aliphatic carbocycles. The van der Waals surface area contributed by atoms with Gasteiger partial charge in [-0.25, -0.2) is 0 Å². The van der Waals surface area contributed by atoms with E-state index < -0.39 is 6.10 Å². The van der Waals surface area contributed by atoms with Gasteiger partial charge in [-0.3, -0.25) is 14.4 Å². The number of esters is 3. The highest BCUT2D eigenvalue weighted by Gasteiger charge is 2.19. The number of carbonyl (C=O) groups excluding carboxylic acids is 3. The molecule has 0 heterocycles. The van der Waals surface area contributed by atoms with Crippen molar-refractivity contribution in [2.24, 2.45) is 5.92 Å². The number of hydrogen-bond donors (Lipinski definition) is 0. The van der Waals surface area contributed by atoms with Gasteiger partial charge in [-0.15, -0.1) is 0 Å². The summed E-state index contributed by atoms with van der Waals surface area (Å²) in [6, 6.07) is 0. The molecule has 0 aliphatic heterocycles. The van der Waals surface area contributed by atoms with Crippen LogP contribution in [0.2, 0.25) is 0 Å². The van der Waals surface area contributed by atoms with E-state index in [4.69, 9.17) is 14.2 Å². The Kier molecular flexibility index (Phi) is 35.5. The largest absolute Gasteiger partial charge is 0.462 e. The van der Waals surface area contributed by atoms with Gasteiger partial charge in [-0.2, -0.15) is 0 Å². The summed E-state index contributed by atoms with van der Waals surface area (Å²) in [6.07, 6.45) is 33.9. The molecule has 284 valence electrons. The standard InChI is InChI=1S/C42H80O6/c1-5-8-10-12-13-14-15-16-17-18-23-27-31-35-42(45)48-39(36-46-40(43)33-29-24-11-9-6-2)37-47-41(44)34-30-26-22-20-19-21-25-28-32-38(4)7-3/h38-39H,5-37H2,1-4H3/t38?,39-/m1/s1. The van der Waals surface area contributed by atoms with Gasteiger partial charge < -0.3 is 14.2 Å². The minimum Gasteiger partial charge on any atom is -0.462 e. The molecule has 0 aromatic carbocycles. The van der Waals surface area contributed by atoms with Crippen molar-refractivity contribution >= 4 is 17.9 Å². The first-order valence-electron chi connectivity index (χ1n) is 20.9. The molecule has 0 aromatic rings. The first-order valence-corrected chi connectivity index (χ1v) is 20.9. The lowest BCUT2D eigenvalue weighted by Gasteiger charge is -2.18. The molecular weight excluding hydrogens is 600 g/mol. The normalized spacial score (nSPS) is 12.5. The van der Waals surface area contributed by atoms with Gasteiger partial charge in [-0.05, 0) is 25.2 Å². The Bertz CT molecular complexity index is 723. The van der Waals surface area contributed by atoms with Crippen molar-refractivity contribution < 1.29 is 28.6 Å². The van der Waals surface area contributed by atoms with E-state index in [1.807, 2.05) is 0 Å². The highest BCUT2D eigenvalue weighted by molar-refractivity contribution is 5.71. The summed E-state index contributed by atoms with van der Waals surface area (Å²) in [7, 11) is 0. The van der Waals surface area contributed by atoms with Gasteiger partial charge in [0.2, 0.25) is 0 Å². The SMILES string of the molecule is CCCCCCCCCCCCCCCC(=O)O[C@H](COC(=O)CCCCCCC)COC(=O)CCCCCCCCCCC(C)CC. The van der Waals surface area contributed by atoms with Crippen LogP contribution in [0.15, 0.2) is 0 Å². The van der Waals surface area contributed by atoms with E-state index in [1.165, 1.54) is 116 Å². The topological polar surface area (TPSA) is 78.9 Å². The minimum absolute atomic E-state index is 0.0659. The van der Waals surface area contributed by atoms with E-state index in [0.29, 0.717) is 19.3 Å². The Labute approximate surface area is 298 Å². The van der Waals surface area contributed by atoms with Gasteiger partial charge in [0.05, 0.1) is 0 Å². The predicted molar refractivity (Wildman–Crippen MR) is 201 cm³/mol. The first-order chi connectivity index (χ1) is 23.4. The Morgan fingerprint density at radius 3 is 1.08 bits per heavy atom. The van der Waals surface area contributed by atoms with Crippen LogP contribution in [0.4, 0.5) is 0 Å². The molecule has 0 aromatic heterocycles. The zero-order chi connectivity index (χ0) is 35.3. The molecule has 0 spiro atoms. The summed E-state index contributed by atoms with van der Waals surface area (Å²) >= 11 is 0. The highest BCUT2D eigenvalue weighted by atomic mass is 16.6. The summed E-state index contributed by atoms with van der Waals surface area (Å²) in [6.45, 7) is 8.90. The van der Waals surface area contributed by atoms with Crippen molar-refractivity contribution in [2.45, 2.75) is 233 Å². The van der Waals surface area contributed by atoms with E-state index in [9.17, 15) is 14.4 Å². The molecule has 2 atom stereocenters. The Morgan fingerprint density at radius 2 is 0.729 bits per heavy atom. The van der Waals surface area contributed by atoms with Gasteiger partial charge >= 0.3 is 17.9 Å². The van der Waals surface area contributed by atoms with Gasteiger partial charge in [0.1, 0.15) is 13.2 Å². The smallest absolute Gasteiger partial charge is 0.306 e. The van der Waals surface area contributed by atoms with Crippen LogP contribution in [-0.4, -0.2) is 37.2 Å². The van der Waals surface area contributed by atoms with Crippen molar-refractivity contribution in [3.05, 3.63) is 0 Å².